The third-order valence-electron chi connectivity index (χ3n) is 4.41. The molecule has 1 unspecified atom stereocenters. The number of carboxylic acids is 1. The number of fused-ring (bicyclic) bond motifs is 1. The van der Waals surface area contributed by atoms with Gasteiger partial charge in [-0.3, -0.25) is 19.3 Å². The standard InChI is InChI=1S/C18H24N6O3/c1-12(17(26)27)10-22-16(25)13-3-4-15-14(9-13)11-23-24(15)8-2-5-19-18-20-6-7-21-18/h3-4,9,11-12H,2,5-8,10H2,1H3,(H,22,25)(H,26,27)(H2,19,20,21). The Kier molecular flexibility index (Phi) is 5.90. The molecule has 1 amide bonds. The van der Waals surface area contributed by atoms with Crippen molar-refractivity contribution in [2.45, 2.75) is 19.9 Å². The van der Waals surface area contributed by atoms with Crippen molar-refractivity contribution in [2.75, 3.05) is 26.2 Å². The molecule has 0 radical (unpaired) electrons. The lowest BCUT2D eigenvalue weighted by atomic mass is 10.1. The number of carbonyl (C=O) groups excluding carboxylic acids is 1. The van der Waals surface area contributed by atoms with Crippen molar-refractivity contribution in [3.8, 4) is 0 Å². The molecule has 0 spiro atoms. The van der Waals surface area contributed by atoms with Crippen LogP contribution in [0.2, 0.25) is 0 Å². The second kappa shape index (κ2) is 8.52. The molecule has 9 nitrogen and oxygen atoms in total. The highest BCUT2D eigenvalue weighted by molar-refractivity contribution is 5.98. The molecule has 0 saturated carbocycles. The lowest BCUT2D eigenvalue weighted by Gasteiger charge is -2.09. The Morgan fingerprint density at radius 2 is 2.26 bits per heavy atom. The van der Waals surface area contributed by atoms with Gasteiger partial charge >= 0.3 is 5.97 Å². The first-order valence-corrected chi connectivity index (χ1v) is 9.03. The number of carboxylic acid groups (broad SMARTS) is 1. The minimum Gasteiger partial charge on any atom is -0.481 e. The molecule has 9 heteroatoms. The van der Waals surface area contributed by atoms with E-state index in [1.54, 1.807) is 25.3 Å². The van der Waals surface area contributed by atoms with Crippen molar-refractivity contribution in [1.82, 2.24) is 25.7 Å². The number of amides is 1. The van der Waals surface area contributed by atoms with E-state index >= 15 is 0 Å². The summed E-state index contributed by atoms with van der Waals surface area (Å²) in [5, 5.41) is 23.2. The van der Waals surface area contributed by atoms with Crippen LogP contribution < -0.4 is 16.0 Å². The molecule has 27 heavy (non-hydrogen) atoms. The predicted octanol–water partition coefficient (Wildman–Crippen LogP) is 0.426. The van der Waals surface area contributed by atoms with E-state index in [1.165, 1.54) is 0 Å². The van der Waals surface area contributed by atoms with Gasteiger partial charge in [-0.2, -0.15) is 5.10 Å². The molecule has 1 atom stereocenters. The van der Waals surface area contributed by atoms with Crippen LogP contribution in [0, 0.1) is 5.92 Å². The molecule has 2 heterocycles. The summed E-state index contributed by atoms with van der Waals surface area (Å²) in [7, 11) is 0. The number of carbonyl (C=O) groups is 2. The Hall–Kier alpha value is -3.10. The minimum atomic E-state index is -0.933. The second-order valence-corrected chi connectivity index (χ2v) is 6.53. The van der Waals surface area contributed by atoms with Gasteiger partial charge in [0.25, 0.3) is 5.91 Å². The summed E-state index contributed by atoms with van der Waals surface area (Å²) < 4.78 is 1.91. The van der Waals surface area contributed by atoms with Crippen molar-refractivity contribution in [3.05, 3.63) is 30.0 Å². The van der Waals surface area contributed by atoms with Gasteiger partial charge in [-0.05, 0) is 24.6 Å². The third kappa shape index (κ3) is 4.75. The summed E-state index contributed by atoms with van der Waals surface area (Å²) in [6.45, 7) is 4.91. The van der Waals surface area contributed by atoms with E-state index in [0.717, 1.165) is 49.5 Å². The number of hydrogen-bond acceptors (Lipinski definition) is 6. The Morgan fingerprint density at radius 1 is 1.41 bits per heavy atom. The molecule has 0 bridgehead atoms. The summed E-state index contributed by atoms with van der Waals surface area (Å²) in [6.07, 6.45) is 2.63. The van der Waals surface area contributed by atoms with Gasteiger partial charge in [0.15, 0.2) is 5.96 Å². The van der Waals surface area contributed by atoms with Crippen molar-refractivity contribution in [3.63, 3.8) is 0 Å². The highest BCUT2D eigenvalue weighted by atomic mass is 16.4. The monoisotopic (exact) mass is 372 g/mol. The number of hydrogen-bond donors (Lipinski definition) is 4. The zero-order valence-electron chi connectivity index (χ0n) is 15.2. The molecule has 144 valence electrons. The fraction of sp³-hybridized carbons (Fsp3) is 0.444. The van der Waals surface area contributed by atoms with Gasteiger partial charge in [0, 0.05) is 37.1 Å². The largest absolute Gasteiger partial charge is 0.481 e. The van der Waals surface area contributed by atoms with E-state index in [2.05, 4.69) is 26.0 Å². The van der Waals surface area contributed by atoms with Gasteiger partial charge in [0.1, 0.15) is 0 Å². The molecule has 1 aromatic carbocycles. The number of rotatable bonds is 8. The highest BCUT2D eigenvalue weighted by Crippen LogP contribution is 2.16. The smallest absolute Gasteiger partial charge is 0.308 e. The quantitative estimate of drug-likeness (QED) is 0.499. The highest BCUT2D eigenvalue weighted by Gasteiger charge is 2.14. The van der Waals surface area contributed by atoms with E-state index in [1.807, 2.05) is 10.7 Å². The molecule has 2 aromatic rings. The van der Waals surface area contributed by atoms with Gasteiger partial charge in [0.2, 0.25) is 0 Å². The molecular weight excluding hydrogens is 348 g/mol. The van der Waals surface area contributed by atoms with Gasteiger partial charge in [0.05, 0.1) is 24.2 Å². The lowest BCUT2D eigenvalue weighted by molar-refractivity contribution is -0.140. The van der Waals surface area contributed by atoms with Crippen molar-refractivity contribution in [2.24, 2.45) is 10.9 Å². The average molecular weight is 372 g/mol. The maximum absolute atomic E-state index is 12.2. The van der Waals surface area contributed by atoms with Crippen LogP contribution in [-0.2, 0) is 11.3 Å². The van der Waals surface area contributed by atoms with Crippen molar-refractivity contribution < 1.29 is 14.7 Å². The van der Waals surface area contributed by atoms with Gasteiger partial charge in [-0.15, -0.1) is 0 Å². The van der Waals surface area contributed by atoms with E-state index in [0.29, 0.717) is 5.56 Å². The molecule has 1 aromatic heterocycles. The number of aryl methyl sites for hydroxylation is 1. The van der Waals surface area contributed by atoms with Crippen LogP contribution in [0.1, 0.15) is 23.7 Å². The summed E-state index contributed by atoms with van der Waals surface area (Å²) >= 11 is 0. The number of aromatic nitrogens is 2. The number of aliphatic imine (C=N–C) groups is 1. The minimum absolute atomic E-state index is 0.0958. The fourth-order valence-electron chi connectivity index (χ4n) is 2.79. The Bertz CT molecular complexity index is 860. The van der Waals surface area contributed by atoms with E-state index in [9.17, 15) is 9.59 Å². The second-order valence-electron chi connectivity index (χ2n) is 6.53. The van der Waals surface area contributed by atoms with Crippen LogP contribution in [0.25, 0.3) is 10.9 Å². The Morgan fingerprint density at radius 3 is 3.00 bits per heavy atom. The van der Waals surface area contributed by atoms with Crippen LogP contribution in [0.5, 0.6) is 0 Å². The van der Waals surface area contributed by atoms with E-state index < -0.39 is 11.9 Å². The van der Waals surface area contributed by atoms with Gasteiger partial charge in [-0.1, -0.05) is 6.92 Å². The summed E-state index contributed by atoms with van der Waals surface area (Å²) in [5.74, 6) is -0.989. The maximum Gasteiger partial charge on any atom is 0.308 e. The van der Waals surface area contributed by atoms with Crippen molar-refractivity contribution in [1.29, 1.82) is 0 Å². The number of nitrogens with one attached hydrogen (secondary N) is 3. The average Bonchev–Trinajstić information content (AvgIpc) is 3.32. The van der Waals surface area contributed by atoms with Crippen LogP contribution in [-0.4, -0.2) is 58.9 Å². The molecule has 0 aliphatic carbocycles. The number of guanidine groups is 1. The SMILES string of the molecule is CC(CNC(=O)c1ccc2c(cnn2CCCNC2=NCCN2)c1)C(=O)O. The first-order chi connectivity index (χ1) is 13.0. The number of benzene rings is 1. The summed E-state index contributed by atoms with van der Waals surface area (Å²) in [6, 6.07) is 5.37. The molecule has 1 aliphatic rings. The van der Waals surface area contributed by atoms with E-state index in [4.69, 9.17) is 5.11 Å². The first kappa shape index (κ1) is 18.7. The molecule has 3 rings (SSSR count). The normalized spacial score (nSPS) is 14.5. The lowest BCUT2D eigenvalue weighted by Crippen LogP contribution is -2.34. The zero-order valence-corrected chi connectivity index (χ0v) is 15.2. The van der Waals surface area contributed by atoms with Gasteiger partial charge in [-0.25, -0.2) is 0 Å². The Labute approximate surface area is 156 Å². The topological polar surface area (TPSA) is 121 Å². The Balaban J connectivity index is 1.55. The zero-order chi connectivity index (χ0) is 19.2. The predicted molar refractivity (Wildman–Crippen MR) is 102 cm³/mol. The van der Waals surface area contributed by atoms with Crippen molar-refractivity contribution >= 4 is 28.7 Å². The fourth-order valence-corrected chi connectivity index (χ4v) is 2.79. The van der Waals surface area contributed by atoms with E-state index in [-0.39, 0.29) is 12.5 Å². The molecule has 4 N–H and O–H groups in total. The third-order valence-corrected chi connectivity index (χ3v) is 4.41. The van der Waals surface area contributed by atoms with Crippen LogP contribution >= 0.6 is 0 Å². The number of aliphatic carboxylic acids is 1. The maximum atomic E-state index is 12.2. The molecular formula is C18H24N6O3. The van der Waals surface area contributed by atoms with Crippen LogP contribution in [0.3, 0.4) is 0 Å². The molecule has 1 aliphatic heterocycles. The first-order valence-electron chi connectivity index (χ1n) is 9.03. The molecule has 0 fully saturated rings. The van der Waals surface area contributed by atoms with Crippen LogP contribution in [0.15, 0.2) is 29.4 Å². The van der Waals surface area contributed by atoms with Crippen LogP contribution in [0.4, 0.5) is 0 Å². The summed E-state index contributed by atoms with van der Waals surface area (Å²) in [5.41, 5.74) is 1.45. The number of nitrogens with zero attached hydrogens (tertiary/aromatic N) is 3. The van der Waals surface area contributed by atoms with Gasteiger partial charge < -0.3 is 21.1 Å². The molecule has 0 saturated heterocycles. The summed E-state index contributed by atoms with van der Waals surface area (Å²) in [4.78, 5) is 27.3.